The first-order chi connectivity index (χ1) is 8.38. The maximum Gasteiger partial charge on any atom is 0.0349 e. The number of nitrogens with one attached hydrogen (secondary N) is 1. The van der Waals surface area contributed by atoms with E-state index in [1.54, 1.807) is 0 Å². The Hall–Kier alpha value is -1.34. The van der Waals surface area contributed by atoms with Gasteiger partial charge in [0.25, 0.3) is 0 Å². The monoisotopic (exact) mass is 225 g/mol. The van der Waals surface area contributed by atoms with Gasteiger partial charge in [-0.05, 0) is 41.3 Å². The number of hydrogen-bond acceptors (Lipinski definition) is 1. The van der Waals surface area contributed by atoms with Crippen LogP contribution in [0.2, 0.25) is 0 Å². The van der Waals surface area contributed by atoms with E-state index in [1.807, 2.05) is 0 Å². The Morgan fingerprint density at radius 1 is 1.12 bits per heavy atom. The Morgan fingerprint density at radius 2 is 1.94 bits per heavy atom. The molecule has 0 bridgehead atoms. The van der Waals surface area contributed by atoms with Crippen LogP contribution in [0.1, 0.15) is 31.4 Å². The zero-order valence-electron chi connectivity index (χ0n) is 10.3. The minimum atomic E-state index is 0.560. The highest BCUT2D eigenvalue weighted by atomic mass is 14.9. The van der Waals surface area contributed by atoms with Gasteiger partial charge in [-0.3, -0.25) is 0 Å². The Bertz CT molecular complexity index is 518. The molecule has 3 rings (SSSR count). The van der Waals surface area contributed by atoms with Crippen molar-refractivity contribution < 1.29 is 0 Å². The lowest BCUT2D eigenvalue weighted by Crippen LogP contribution is -2.17. The highest BCUT2D eigenvalue weighted by molar-refractivity contribution is 5.83. The minimum absolute atomic E-state index is 0.560. The summed E-state index contributed by atoms with van der Waals surface area (Å²) >= 11 is 0. The van der Waals surface area contributed by atoms with Crippen molar-refractivity contribution in [2.75, 3.05) is 6.54 Å². The van der Waals surface area contributed by atoms with Crippen LogP contribution in [0, 0.1) is 5.92 Å². The first-order valence-corrected chi connectivity index (χ1v) is 6.60. The molecule has 1 N–H and O–H groups in total. The van der Waals surface area contributed by atoms with Crippen molar-refractivity contribution in [2.45, 2.75) is 25.8 Å². The van der Waals surface area contributed by atoms with Gasteiger partial charge in [0, 0.05) is 6.04 Å². The zero-order valence-corrected chi connectivity index (χ0v) is 10.3. The van der Waals surface area contributed by atoms with E-state index in [1.165, 1.54) is 29.2 Å². The molecule has 0 saturated carbocycles. The Labute approximate surface area is 103 Å². The topological polar surface area (TPSA) is 12.0 Å². The molecule has 88 valence electrons. The van der Waals surface area contributed by atoms with Crippen LogP contribution in [-0.2, 0) is 0 Å². The van der Waals surface area contributed by atoms with Gasteiger partial charge in [-0.2, -0.15) is 0 Å². The summed E-state index contributed by atoms with van der Waals surface area (Å²) in [6.07, 6.45) is 2.58. The second-order valence-corrected chi connectivity index (χ2v) is 5.00. The molecule has 0 spiro atoms. The minimum Gasteiger partial charge on any atom is -0.310 e. The van der Waals surface area contributed by atoms with Crippen molar-refractivity contribution >= 4 is 10.8 Å². The van der Waals surface area contributed by atoms with E-state index in [9.17, 15) is 0 Å². The lowest BCUT2D eigenvalue weighted by Gasteiger charge is -2.19. The van der Waals surface area contributed by atoms with Crippen molar-refractivity contribution in [1.29, 1.82) is 0 Å². The number of benzene rings is 2. The number of hydrogen-bond donors (Lipinski definition) is 1. The summed E-state index contributed by atoms with van der Waals surface area (Å²) in [7, 11) is 0. The Kier molecular flexibility index (Phi) is 2.86. The molecule has 1 aliphatic rings. The van der Waals surface area contributed by atoms with Crippen molar-refractivity contribution in [3.63, 3.8) is 0 Å². The van der Waals surface area contributed by atoms with E-state index >= 15 is 0 Å². The lowest BCUT2D eigenvalue weighted by molar-refractivity contribution is 0.450. The molecule has 0 aliphatic carbocycles. The van der Waals surface area contributed by atoms with Gasteiger partial charge >= 0.3 is 0 Å². The first-order valence-electron chi connectivity index (χ1n) is 6.60. The maximum atomic E-state index is 3.64. The third-order valence-electron chi connectivity index (χ3n) is 4.01. The molecular formula is C16H19N. The van der Waals surface area contributed by atoms with E-state index < -0.39 is 0 Å². The van der Waals surface area contributed by atoms with Crippen LogP contribution in [0.3, 0.4) is 0 Å². The zero-order chi connectivity index (χ0) is 11.7. The molecule has 1 heteroatoms. The van der Waals surface area contributed by atoms with Gasteiger partial charge in [0.05, 0.1) is 0 Å². The molecule has 1 fully saturated rings. The normalized spacial score (nSPS) is 24.3. The van der Waals surface area contributed by atoms with E-state index in [-0.39, 0.29) is 0 Å². The first kappa shape index (κ1) is 10.8. The van der Waals surface area contributed by atoms with Crippen LogP contribution in [0.4, 0.5) is 0 Å². The average molecular weight is 225 g/mol. The van der Waals surface area contributed by atoms with E-state index in [4.69, 9.17) is 0 Å². The third kappa shape index (κ3) is 1.96. The second-order valence-electron chi connectivity index (χ2n) is 5.00. The van der Waals surface area contributed by atoms with Crippen molar-refractivity contribution in [2.24, 2.45) is 5.92 Å². The van der Waals surface area contributed by atoms with Gasteiger partial charge in [0.2, 0.25) is 0 Å². The Balaban J connectivity index is 2.00. The second kappa shape index (κ2) is 4.50. The quantitative estimate of drug-likeness (QED) is 0.817. The van der Waals surface area contributed by atoms with E-state index in [2.05, 4.69) is 54.7 Å². The average Bonchev–Trinajstić information content (AvgIpc) is 2.86. The van der Waals surface area contributed by atoms with Crippen molar-refractivity contribution in [3.8, 4) is 0 Å². The Morgan fingerprint density at radius 3 is 2.76 bits per heavy atom. The number of rotatable bonds is 2. The molecule has 2 aromatic rings. The lowest BCUT2D eigenvalue weighted by atomic mass is 9.91. The highest BCUT2D eigenvalue weighted by Crippen LogP contribution is 2.33. The van der Waals surface area contributed by atoms with Crippen molar-refractivity contribution in [1.82, 2.24) is 5.32 Å². The molecular weight excluding hydrogens is 206 g/mol. The summed E-state index contributed by atoms with van der Waals surface area (Å²) in [5, 5.41) is 6.33. The summed E-state index contributed by atoms with van der Waals surface area (Å²) < 4.78 is 0. The molecule has 0 unspecified atom stereocenters. The predicted octanol–water partition coefficient (Wildman–Crippen LogP) is 3.90. The molecule has 1 nitrogen and oxygen atoms in total. The van der Waals surface area contributed by atoms with Gasteiger partial charge in [0.1, 0.15) is 0 Å². The van der Waals surface area contributed by atoms with Gasteiger partial charge < -0.3 is 5.32 Å². The van der Waals surface area contributed by atoms with Crippen LogP contribution < -0.4 is 5.32 Å². The fourth-order valence-corrected chi connectivity index (χ4v) is 2.99. The summed E-state index contributed by atoms with van der Waals surface area (Å²) in [6, 6.07) is 16.0. The SMILES string of the molecule is CC[C@@H]1CCN[C@H]1c1ccc2ccccc2c1. The molecule has 1 heterocycles. The summed E-state index contributed by atoms with van der Waals surface area (Å²) in [4.78, 5) is 0. The largest absolute Gasteiger partial charge is 0.310 e. The maximum absolute atomic E-state index is 3.64. The van der Waals surface area contributed by atoms with Gasteiger partial charge in [0.15, 0.2) is 0 Å². The predicted molar refractivity (Wildman–Crippen MR) is 73.1 cm³/mol. The molecule has 17 heavy (non-hydrogen) atoms. The van der Waals surface area contributed by atoms with Crippen LogP contribution in [0.15, 0.2) is 42.5 Å². The summed E-state index contributed by atoms with van der Waals surface area (Å²) in [5.41, 5.74) is 1.45. The molecule has 1 saturated heterocycles. The highest BCUT2D eigenvalue weighted by Gasteiger charge is 2.26. The van der Waals surface area contributed by atoms with Crippen LogP contribution in [0.5, 0.6) is 0 Å². The third-order valence-corrected chi connectivity index (χ3v) is 4.01. The molecule has 2 atom stereocenters. The van der Waals surface area contributed by atoms with Crippen LogP contribution in [-0.4, -0.2) is 6.54 Å². The number of fused-ring (bicyclic) bond motifs is 1. The fraction of sp³-hybridized carbons (Fsp3) is 0.375. The van der Waals surface area contributed by atoms with Gasteiger partial charge in [-0.15, -0.1) is 0 Å². The molecule has 0 radical (unpaired) electrons. The van der Waals surface area contributed by atoms with Crippen LogP contribution in [0.25, 0.3) is 10.8 Å². The van der Waals surface area contributed by atoms with Gasteiger partial charge in [-0.25, -0.2) is 0 Å². The smallest absolute Gasteiger partial charge is 0.0349 e. The molecule has 1 aliphatic heterocycles. The molecule has 2 aromatic carbocycles. The van der Waals surface area contributed by atoms with Gasteiger partial charge in [-0.1, -0.05) is 49.7 Å². The molecule has 0 aromatic heterocycles. The van der Waals surface area contributed by atoms with E-state index in [0.717, 1.165) is 12.5 Å². The van der Waals surface area contributed by atoms with Crippen molar-refractivity contribution in [3.05, 3.63) is 48.0 Å². The molecule has 0 amide bonds. The fourth-order valence-electron chi connectivity index (χ4n) is 2.99. The summed E-state index contributed by atoms with van der Waals surface area (Å²) in [5.74, 6) is 0.802. The standard InChI is InChI=1S/C16H19N/c1-2-12-9-10-17-16(12)15-8-7-13-5-3-4-6-14(13)11-15/h3-8,11-12,16-17H,2,9-10H2,1H3/t12-,16-/m1/s1. The van der Waals surface area contributed by atoms with E-state index in [0.29, 0.717) is 6.04 Å². The summed E-state index contributed by atoms with van der Waals surface area (Å²) in [6.45, 7) is 3.46. The van der Waals surface area contributed by atoms with Crippen LogP contribution >= 0.6 is 0 Å².